The number of benzene rings is 1. The van der Waals surface area contributed by atoms with Crippen LogP contribution in [-0.4, -0.2) is 22.9 Å². The van der Waals surface area contributed by atoms with Crippen molar-refractivity contribution in [1.82, 2.24) is 9.78 Å². The van der Waals surface area contributed by atoms with Gasteiger partial charge >= 0.3 is 0 Å². The van der Waals surface area contributed by atoms with Gasteiger partial charge in [0.05, 0.1) is 19.3 Å². The van der Waals surface area contributed by atoms with Gasteiger partial charge in [-0.25, -0.2) is 13.5 Å². The van der Waals surface area contributed by atoms with Gasteiger partial charge in [0.2, 0.25) is 0 Å². The summed E-state index contributed by atoms with van der Waals surface area (Å²) >= 11 is 0. The first-order valence-corrected chi connectivity index (χ1v) is 6.44. The maximum absolute atomic E-state index is 13.5. The van der Waals surface area contributed by atoms with Gasteiger partial charge in [-0.1, -0.05) is 0 Å². The summed E-state index contributed by atoms with van der Waals surface area (Å²) in [6.07, 6.45) is 2.02. The summed E-state index contributed by atoms with van der Waals surface area (Å²) < 4.78 is 32.9. The Balaban J connectivity index is 2.14. The minimum Gasteiger partial charge on any atom is -0.492 e. The van der Waals surface area contributed by atoms with Crippen molar-refractivity contribution in [2.75, 3.05) is 13.2 Å². The van der Waals surface area contributed by atoms with Gasteiger partial charge in [0.1, 0.15) is 17.4 Å². The predicted octanol–water partition coefficient (Wildman–Crippen LogP) is 1.30. The predicted molar refractivity (Wildman–Crippen MR) is 73.1 cm³/mol. The van der Waals surface area contributed by atoms with Crippen molar-refractivity contribution in [3.8, 4) is 5.75 Å². The van der Waals surface area contributed by atoms with E-state index in [1.165, 1.54) is 12.3 Å². The second-order valence-corrected chi connectivity index (χ2v) is 4.41. The van der Waals surface area contributed by atoms with Gasteiger partial charge in [-0.05, 0) is 31.2 Å². The molecule has 0 saturated heterocycles. The molecular weight excluding hydrogens is 280 g/mol. The lowest BCUT2D eigenvalue weighted by atomic mass is 10.2. The molecule has 0 atom stereocenters. The van der Waals surface area contributed by atoms with Crippen molar-refractivity contribution >= 4 is 0 Å². The first kappa shape index (κ1) is 15.1. The van der Waals surface area contributed by atoms with Crippen molar-refractivity contribution in [2.45, 2.75) is 13.0 Å². The molecule has 1 aromatic heterocycles. The number of nitrogens with zero attached hydrogens (tertiary/aromatic N) is 2. The van der Waals surface area contributed by atoms with Crippen molar-refractivity contribution in [2.24, 2.45) is 5.73 Å². The van der Waals surface area contributed by atoms with Gasteiger partial charge in [0.25, 0.3) is 5.56 Å². The molecule has 0 saturated carbocycles. The highest BCUT2D eigenvalue weighted by atomic mass is 19.1. The SMILES string of the molecule is NCCCOc1cnn(Cc2cc(F)ccc2F)c(=O)c1. The summed E-state index contributed by atoms with van der Waals surface area (Å²) in [4.78, 5) is 11.9. The summed E-state index contributed by atoms with van der Waals surface area (Å²) in [5.74, 6) is -0.834. The highest BCUT2D eigenvalue weighted by molar-refractivity contribution is 5.20. The Hall–Kier alpha value is -2.28. The summed E-state index contributed by atoms with van der Waals surface area (Å²) in [7, 11) is 0. The second-order valence-electron chi connectivity index (χ2n) is 4.41. The van der Waals surface area contributed by atoms with Crippen molar-refractivity contribution in [3.05, 3.63) is 58.0 Å². The Labute approximate surface area is 120 Å². The van der Waals surface area contributed by atoms with Crippen LogP contribution in [0.15, 0.2) is 35.3 Å². The third-order valence-electron chi connectivity index (χ3n) is 2.79. The van der Waals surface area contributed by atoms with Crippen molar-refractivity contribution in [1.29, 1.82) is 0 Å². The van der Waals surface area contributed by atoms with E-state index in [1.54, 1.807) is 0 Å². The second kappa shape index (κ2) is 6.94. The fraction of sp³-hybridized carbons (Fsp3) is 0.286. The molecule has 0 spiro atoms. The highest BCUT2D eigenvalue weighted by Crippen LogP contribution is 2.11. The number of halogens is 2. The topological polar surface area (TPSA) is 70.1 Å². The van der Waals surface area contributed by atoms with E-state index in [0.29, 0.717) is 25.3 Å². The van der Waals surface area contributed by atoms with Gasteiger partial charge in [0, 0.05) is 11.6 Å². The molecule has 2 rings (SSSR count). The molecule has 5 nitrogen and oxygen atoms in total. The molecular formula is C14H15F2N3O2. The Morgan fingerprint density at radius 2 is 2.10 bits per heavy atom. The Bertz CT molecular complexity index is 674. The van der Waals surface area contributed by atoms with E-state index < -0.39 is 17.2 Å². The quantitative estimate of drug-likeness (QED) is 0.815. The number of rotatable bonds is 6. The van der Waals surface area contributed by atoms with Gasteiger partial charge in [-0.15, -0.1) is 0 Å². The molecule has 0 aliphatic carbocycles. The first-order valence-electron chi connectivity index (χ1n) is 6.44. The zero-order chi connectivity index (χ0) is 15.2. The van der Waals surface area contributed by atoms with Gasteiger partial charge in [0.15, 0.2) is 0 Å². The maximum Gasteiger partial charge on any atom is 0.270 e. The summed E-state index contributed by atoms with van der Waals surface area (Å²) in [6, 6.07) is 4.32. The minimum absolute atomic E-state index is 0.0569. The Kier molecular flexibility index (Phi) is 4.99. The molecule has 0 aliphatic rings. The zero-order valence-corrected chi connectivity index (χ0v) is 11.3. The third kappa shape index (κ3) is 4.09. The van der Waals surface area contributed by atoms with Crippen LogP contribution >= 0.6 is 0 Å². The van der Waals surface area contributed by atoms with Crippen LogP contribution in [0.1, 0.15) is 12.0 Å². The lowest BCUT2D eigenvalue weighted by Crippen LogP contribution is -2.23. The van der Waals surface area contributed by atoms with E-state index in [0.717, 1.165) is 22.9 Å². The monoisotopic (exact) mass is 295 g/mol. The van der Waals surface area contributed by atoms with Crippen molar-refractivity contribution in [3.63, 3.8) is 0 Å². The largest absolute Gasteiger partial charge is 0.492 e. The number of hydrogen-bond donors (Lipinski definition) is 1. The number of nitrogens with two attached hydrogens (primary N) is 1. The van der Waals surface area contributed by atoms with E-state index >= 15 is 0 Å². The normalized spacial score (nSPS) is 10.6. The molecule has 0 amide bonds. The van der Waals surface area contributed by atoms with Crippen LogP contribution in [0.3, 0.4) is 0 Å². The molecule has 0 fully saturated rings. The molecule has 0 radical (unpaired) electrons. The van der Waals surface area contributed by atoms with E-state index in [9.17, 15) is 13.6 Å². The molecule has 2 aromatic rings. The lowest BCUT2D eigenvalue weighted by Gasteiger charge is -2.08. The smallest absolute Gasteiger partial charge is 0.270 e. The van der Waals surface area contributed by atoms with Crippen LogP contribution in [0.25, 0.3) is 0 Å². The highest BCUT2D eigenvalue weighted by Gasteiger charge is 2.07. The average molecular weight is 295 g/mol. The van der Waals surface area contributed by atoms with Crippen LogP contribution in [-0.2, 0) is 6.54 Å². The first-order chi connectivity index (χ1) is 10.1. The zero-order valence-electron chi connectivity index (χ0n) is 11.3. The Morgan fingerprint density at radius 1 is 1.29 bits per heavy atom. The summed E-state index contributed by atoms with van der Waals surface area (Å²) in [5.41, 5.74) is 4.93. The van der Waals surface area contributed by atoms with E-state index in [-0.39, 0.29) is 12.1 Å². The molecule has 0 aliphatic heterocycles. The molecule has 7 heteroatoms. The average Bonchev–Trinajstić information content (AvgIpc) is 2.46. The van der Waals surface area contributed by atoms with Crippen LogP contribution < -0.4 is 16.0 Å². The standard InChI is InChI=1S/C14H15F2N3O2/c15-11-2-3-13(16)10(6-11)9-19-14(20)7-12(8-18-19)21-5-1-4-17/h2-3,6-8H,1,4-5,9,17H2. The van der Waals surface area contributed by atoms with Gasteiger partial charge < -0.3 is 10.5 Å². The fourth-order valence-corrected chi connectivity index (χ4v) is 1.71. The molecule has 1 aromatic carbocycles. The van der Waals surface area contributed by atoms with Crippen LogP contribution in [0, 0.1) is 11.6 Å². The van der Waals surface area contributed by atoms with Gasteiger partial charge in [-0.3, -0.25) is 4.79 Å². The molecule has 0 bridgehead atoms. The molecule has 0 unspecified atom stereocenters. The maximum atomic E-state index is 13.5. The third-order valence-corrected chi connectivity index (χ3v) is 2.79. The van der Waals surface area contributed by atoms with E-state index in [2.05, 4.69) is 5.10 Å². The Morgan fingerprint density at radius 3 is 2.81 bits per heavy atom. The van der Waals surface area contributed by atoms with Crippen LogP contribution in [0.4, 0.5) is 8.78 Å². The lowest BCUT2D eigenvalue weighted by molar-refractivity contribution is 0.309. The van der Waals surface area contributed by atoms with Crippen molar-refractivity contribution < 1.29 is 13.5 Å². The minimum atomic E-state index is -0.589. The summed E-state index contributed by atoms with van der Waals surface area (Å²) in [5, 5.41) is 3.88. The van der Waals surface area contributed by atoms with Crippen LogP contribution in [0.2, 0.25) is 0 Å². The number of aromatic nitrogens is 2. The van der Waals surface area contributed by atoms with E-state index in [4.69, 9.17) is 10.5 Å². The molecule has 2 N–H and O–H groups in total. The molecule has 112 valence electrons. The van der Waals surface area contributed by atoms with E-state index in [1.807, 2.05) is 0 Å². The molecule has 21 heavy (non-hydrogen) atoms. The van der Waals surface area contributed by atoms with Crippen LogP contribution in [0.5, 0.6) is 5.75 Å². The number of ether oxygens (including phenoxy) is 1. The fourth-order valence-electron chi connectivity index (χ4n) is 1.71. The number of hydrogen-bond acceptors (Lipinski definition) is 4. The molecule has 1 heterocycles. The summed E-state index contributed by atoms with van der Waals surface area (Å²) in [6.45, 7) is 0.731. The van der Waals surface area contributed by atoms with Gasteiger partial charge in [-0.2, -0.15) is 5.10 Å².